The Hall–Kier alpha value is -3.72. The first-order valence-electron chi connectivity index (χ1n) is 13.4. The van der Waals surface area contributed by atoms with Crippen LogP contribution in [0.15, 0.2) is 84.9 Å². The molecule has 3 N–H and O–H groups in total. The van der Waals surface area contributed by atoms with Crippen LogP contribution in [0.5, 0.6) is 0 Å². The lowest BCUT2D eigenvalue weighted by Crippen LogP contribution is -2.46. The minimum atomic E-state index is -4.82. The molecule has 4 aromatic rings. The lowest BCUT2D eigenvalue weighted by molar-refractivity contribution is -0.138. The number of nitrogens with one attached hydrogen (secondary N) is 1. The smallest absolute Gasteiger partial charge is 0.417 e. The summed E-state index contributed by atoms with van der Waals surface area (Å²) in [6.45, 7) is 6.21. The summed E-state index contributed by atoms with van der Waals surface area (Å²) < 4.78 is 46.7. The van der Waals surface area contributed by atoms with Gasteiger partial charge in [-0.3, -0.25) is 0 Å². The van der Waals surface area contributed by atoms with Gasteiger partial charge in [0.2, 0.25) is 0 Å². The number of aliphatic hydroxyl groups excluding tert-OH is 1. The number of carbonyl (C=O) groups is 1. The third-order valence-electron chi connectivity index (χ3n) is 7.08. The molecule has 0 bridgehead atoms. The fourth-order valence-corrected chi connectivity index (χ4v) is 4.97. The number of ether oxygens (including phenoxy) is 1. The Morgan fingerprint density at radius 2 is 1.61 bits per heavy atom. The van der Waals surface area contributed by atoms with Gasteiger partial charge in [-0.25, -0.2) is 4.79 Å². The molecule has 5 nitrogen and oxygen atoms in total. The van der Waals surface area contributed by atoms with Gasteiger partial charge in [0.05, 0.1) is 29.9 Å². The highest BCUT2D eigenvalue weighted by atomic mass is 19.4. The zero-order valence-electron chi connectivity index (χ0n) is 23.2. The molecule has 216 valence electrons. The maximum Gasteiger partial charge on any atom is 0.417 e. The minimum Gasteiger partial charge on any atom is -0.478 e. The van der Waals surface area contributed by atoms with Crippen LogP contribution in [0.4, 0.5) is 13.2 Å². The van der Waals surface area contributed by atoms with Crippen LogP contribution in [-0.2, 0) is 17.3 Å². The van der Waals surface area contributed by atoms with Crippen LogP contribution >= 0.6 is 0 Å². The fourth-order valence-electron chi connectivity index (χ4n) is 4.97. The van der Waals surface area contributed by atoms with Crippen LogP contribution in [0.25, 0.3) is 21.9 Å². The second-order valence-electron chi connectivity index (χ2n) is 10.9. The molecule has 8 heteroatoms. The molecule has 4 rings (SSSR count). The Morgan fingerprint density at radius 3 is 2.32 bits per heavy atom. The van der Waals surface area contributed by atoms with Crippen LogP contribution < -0.4 is 5.32 Å². The maximum atomic E-state index is 13.6. The van der Waals surface area contributed by atoms with E-state index in [4.69, 9.17) is 4.74 Å². The molecule has 0 aliphatic carbocycles. The van der Waals surface area contributed by atoms with Crippen molar-refractivity contribution in [2.24, 2.45) is 0 Å². The number of benzene rings is 4. The predicted octanol–water partition coefficient (Wildman–Crippen LogP) is 7.27. The molecule has 1 unspecified atom stereocenters. The van der Waals surface area contributed by atoms with Crippen molar-refractivity contribution in [3.05, 3.63) is 107 Å². The summed E-state index contributed by atoms with van der Waals surface area (Å²) in [5, 5.41) is 25.6. The van der Waals surface area contributed by atoms with Gasteiger partial charge < -0.3 is 20.3 Å². The zero-order valence-corrected chi connectivity index (χ0v) is 23.2. The number of hydrogen-bond donors (Lipinski definition) is 3. The van der Waals surface area contributed by atoms with E-state index in [1.54, 1.807) is 31.2 Å². The molecular formula is C33H34F3NO4. The molecule has 0 aromatic heterocycles. The Bertz CT molecular complexity index is 1520. The molecule has 41 heavy (non-hydrogen) atoms. The van der Waals surface area contributed by atoms with Gasteiger partial charge in [-0.1, -0.05) is 72.8 Å². The van der Waals surface area contributed by atoms with E-state index in [0.29, 0.717) is 17.7 Å². The molecule has 0 amide bonds. The number of carboxylic acids is 1. The Labute approximate surface area is 237 Å². The van der Waals surface area contributed by atoms with Crippen molar-refractivity contribution in [2.45, 2.75) is 51.1 Å². The van der Waals surface area contributed by atoms with Gasteiger partial charge in [0.25, 0.3) is 0 Å². The molecule has 0 fully saturated rings. The van der Waals surface area contributed by atoms with E-state index in [1.807, 2.05) is 12.1 Å². The molecule has 0 spiro atoms. The third kappa shape index (κ3) is 7.73. The number of fused-ring (bicyclic) bond motifs is 1. The summed E-state index contributed by atoms with van der Waals surface area (Å²) >= 11 is 0. The van der Waals surface area contributed by atoms with E-state index in [0.717, 1.165) is 18.6 Å². The van der Waals surface area contributed by atoms with Gasteiger partial charge in [0.15, 0.2) is 0 Å². The zero-order chi connectivity index (χ0) is 29.8. The van der Waals surface area contributed by atoms with Crippen molar-refractivity contribution in [1.29, 1.82) is 0 Å². The van der Waals surface area contributed by atoms with Gasteiger partial charge in [-0.2, -0.15) is 13.2 Å². The number of hydrogen-bond acceptors (Lipinski definition) is 4. The molecule has 0 radical (unpaired) electrons. The summed E-state index contributed by atoms with van der Waals surface area (Å²) in [5.41, 5.74) is 0.223. The fraction of sp³-hybridized carbons (Fsp3) is 0.303. The average Bonchev–Trinajstić information content (AvgIpc) is 2.93. The third-order valence-corrected chi connectivity index (χ3v) is 7.08. The highest BCUT2D eigenvalue weighted by molar-refractivity contribution is 5.90. The first-order chi connectivity index (χ1) is 19.3. The highest BCUT2D eigenvalue weighted by Gasteiger charge is 2.36. The maximum absolute atomic E-state index is 13.6. The summed E-state index contributed by atoms with van der Waals surface area (Å²) in [7, 11) is 0. The number of carboxylic acid groups (broad SMARTS) is 1. The lowest BCUT2D eigenvalue weighted by Gasteiger charge is -2.28. The molecule has 0 aliphatic rings. The quantitative estimate of drug-likeness (QED) is 0.178. The van der Waals surface area contributed by atoms with Crippen molar-refractivity contribution in [3.8, 4) is 11.1 Å². The van der Waals surface area contributed by atoms with Crippen LogP contribution in [0.1, 0.15) is 53.9 Å². The van der Waals surface area contributed by atoms with Crippen molar-refractivity contribution < 1.29 is 32.9 Å². The molecule has 0 heterocycles. The lowest BCUT2D eigenvalue weighted by atomic mass is 9.93. The first-order valence-corrected chi connectivity index (χ1v) is 13.4. The number of alkyl halides is 3. The normalized spacial score (nSPS) is 13.7. The van der Waals surface area contributed by atoms with Crippen molar-refractivity contribution in [2.75, 3.05) is 13.2 Å². The van der Waals surface area contributed by atoms with Gasteiger partial charge in [0.1, 0.15) is 0 Å². The van der Waals surface area contributed by atoms with Gasteiger partial charge in [0, 0.05) is 12.1 Å². The van der Waals surface area contributed by atoms with Gasteiger partial charge >= 0.3 is 12.1 Å². The Kier molecular flexibility index (Phi) is 9.17. The van der Waals surface area contributed by atoms with Gasteiger partial charge in [-0.05, 0) is 72.4 Å². The van der Waals surface area contributed by atoms with Crippen molar-refractivity contribution in [3.63, 3.8) is 0 Å². The standard InChI is InChI=1S/C33H34F3NO4/c1-21(27-10-6-7-11-28(27)25-14-15-29(31(39)40)30(17-25)33(34,35)36)41-20-26(38)19-37-32(2,3)18-22-12-13-23-8-4-5-9-24(23)16-22/h4-17,21,26,37-38H,18-20H2,1-3H3,(H,39,40)/t21?,26-/m1/s1. The predicted molar refractivity (Wildman–Crippen MR) is 154 cm³/mol. The number of aromatic carboxylic acids is 1. The molecule has 2 atom stereocenters. The molecule has 0 aliphatic heterocycles. The number of aliphatic hydroxyl groups is 1. The molecular weight excluding hydrogens is 531 g/mol. The van der Waals surface area contributed by atoms with Crippen LogP contribution in [-0.4, -0.2) is 41.0 Å². The monoisotopic (exact) mass is 565 g/mol. The van der Waals surface area contributed by atoms with E-state index in [9.17, 15) is 28.2 Å². The second kappa shape index (κ2) is 12.4. The highest BCUT2D eigenvalue weighted by Crippen LogP contribution is 2.37. The van der Waals surface area contributed by atoms with E-state index in [-0.39, 0.29) is 17.7 Å². The topological polar surface area (TPSA) is 78.8 Å². The SMILES string of the molecule is CC(OC[C@H](O)CNC(C)(C)Cc1ccc2ccccc2c1)c1ccccc1-c1ccc(C(=O)O)c(C(F)(F)F)c1. The van der Waals surface area contributed by atoms with E-state index in [2.05, 4.69) is 49.5 Å². The number of rotatable bonds is 11. The van der Waals surface area contributed by atoms with Gasteiger partial charge in [-0.15, -0.1) is 0 Å². The molecule has 0 saturated heterocycles. The Morgan fingerprint density at radius 1 is 0.927 bits per heavy atom. The van der Waals surface area contributed by atoms with Crippen LogP contribution in [0.3, 0.4) is 0 Å². The average molecular weight is 566 g/mol. The van der Waals surface area contributed by atoms with Crippen LogP contribution in [0.2, 0.25) is 0 Å². The van der Waals surface area contributed by atoms with E-state index >= 15 is 0 Å². The second-order valence-corrected chi connectivity index (χ2v) is 10.9. The van der Waals surface area contributed by atoms with Crippen LogP contribution in [0, 0.1) is 0 Å². The van der Waals surface area contributed by atoms with E-state index < -0.39 is 35.5 Å². The summed E-state index contributed by atoms with van der Waals surface area (Å²) in [5.74, 6) is -1.64. The summed E-state index contributed by atoms with van der Waals surface area (Å²) in [4.78, 5) is 11.3. The minimum absolute atomic E-state index is 0.0142. The summed E-state index contributed by atoms with van der Waals surface area (Å²) in [6, 6.07) is 24.6. The van der Waals surface area contributed by atoms with Crippen molar-refractivity contribution in [1.82, 2.24) is 5.32 Å². The number of β-amino-alcohol motifs (C(OH)–C–C–N with tert-alkyl or cyclic N) is 1. The number of halogens is 3. The molecule has 0 saturated carbocycles. The van der Waals surface area contributed by atoms with Crippen molar-refractivity contribution >= 4 is 16.7 Å². The van der Waals surface area contributed by atoms with E-state index in [1.165, 1.54) is 22.4 Å². The molecule has 4 aromatic carbocycles. The largest absolute Gasteiger partial charge is 0.478 e. The Balaban J connectivity index is 1.39. The first kappa shape index (κ1) is 30.2. The summed E-state index contributed by atoms with van der Waals surface area (Å²) in [6.07, 6.45) is -5.41.